The van der Waals surface area contributed by atoms with Crippen LogP contribution in [0, 0.1) is 17.0 Å². The number of aliphatic hydroxyl groups is 1. The van der Waals surface area contributed by atoms with Gasteiger partial charge in [-0.05, 0) is 49.4 Å². The van der Waals surface area contributed by atoms with Gasteiger partial charge in [-0.25, -0.2) is 9.48 Å². The molecule has 2 aromatic carbocycles. The van der Waals surface area contributed by atoms with E-state index in [1.165, 1.54) is 17.7 Å². The molecule has 0 aromatic heterocycles. The minimum Gasteiger partial charge on any atom is -0.346 e. The molecule has 0 bridgehead atoms. The third-order valence-corrected chi connectivity index (χ3v) is 6.12. The Bertz CT molecular complexity index is 880. The number of benzene rings is 2. The highest BCUT2D eigenvalue weighted by molar-refractivity contribution is 8.13. The Morgan fingerprint density at radius 3 is 2.54 bits per heavy atom. The maximum absolute atomic E-state index is 11.6. The molecule has 2 aliphatic rings. The van der Waals surface area contributed by atoms with Crippen molar-refractivity contribution in [2.75, 3.05) is 23.7 Å². The van der Waals surface area contributed by atoms with Crippen molar-refractivity contribution in [2.45, 2.75) is 19.1 Å². The van der Waals surface area contributed by atoms with Crippen LogP contribution >= 0.6 is 11.8 Å². The van der Waals surface area contributed by atoms with E-state index in [2.05, 4.69) is 36.1 Å². The molecule has 0 amide bonds. The summed E-state index contributed by atoms with van der Waals surface area (Å²) in [4.78, 5) is 12.6. The number of hydrogen-bond donors (Lipinski definition) is 1. The van der Waals surface area contributed by atoms with Crippen LogP contribution in [0.15, 0.2) is 48.5 Å². The van der Waals surface area contributed by atoms with Gasteiger partial charge in [0.05, 0.1) is 11.5 Å². The van der Waals surface area contributed by atoms with Crippen molar-refractivity contribution in [1.29, 1.82) is 0 Å². The zero-order chi connectivity index (χ0) is 18.3. The topological polar surface area (TPSA) is 69.6 Å². The number of nitro groups is 1. The van der Waals surface area contributed by atoms with Crippen molar-refractivity contribution >= 4 is 28.3 Å². The molecule has 4 rings (SSSR count). The first-order valence-electron chi connectivity index (χ1n) is 8.58. The van der Waals surface area contributed by atoms with Crippen LogP contribution in [0.1, 0.15) is 17.5 Å². The Balaban J connectivity index is 1.75. The molecule has 0 saturated carbocycles. The summed E-state index contributed by atoms with van der Waals surface area (Å²) in [5, 5.41) is 23.5. The summed E-state index contributed by atoms with van der Waals surface area (Å²) in [6, 6.07) is 14.5. The summed E-state index contributed by atoms with van der Waals surface area (Å²) < 4.78 is 2.03. The highest BCUT2D eigenvalue weighted by Gasteiger charge is 2.53. The van der Waals surface area contributed by atoms with Gasteiger partial charge >= 0.3 is 5.17 Å². The Hall–Kier alpha value is -2.38. The molecule has 0 fully saturated rings. The van der Waals surface area contributed by atoms with E-state index in [9.17, 15) is 15.2 Å². The number of rotatable bonds is 3. The predicted octanol–water partition coefficient (Wildman–Crippen LogP) is 3.07. The zero-order valence-electron chi connectivity index (χ0n) is 14.5. The molecule has 134 valence electrons. The molecule has 6 nitrogen and oxygen atoms in total. The first-order valence-corrected chi connectivity index (χ1v) is 9.56. The predicted molar refractivity (Wildman–Crippen MR) is 103 cm³/mol. The number of aryl methyl sites for hydroxylation is 1. The van der Waals surface area contributed by atoms with Crippen molar-refractivity contribution in [3.63, 3.8) is 0 Å². The van der Waals surface area contributed by atoms with Gasteiger partial charge in [-0.2, -0.15) is 0 Å². The average Bonchev–Trinajstić information content (AvgIpc) is 2.97. The number of β-amino-alcohol motifs (C(OH)–C–C–N with tert-alkyl or cyclic N) is 1. The standard InChI is InChI=1S/C19H20N3O3S/c1-14-3-7-16(8-4-14)20-13-19(23,21-11-2-12-26-18(20)21)15-5-9-17(10-6-15)22(24)25/h3-10,23H,2,11-13H2,1H3/q+1. The first-order chi connectivity index (χ1) is 12.5. The van der Waals surface area contributed by atoms with Crippen LogP contribution < -0.4 is 4.90 Å². The van der Waals surface area contributed by atoms with Gasteiger partial charge in [-0.15, -0.1) is 0 Å². The van der Waals surface area contributed by atoms with Crippen LogP contribution in [-0.2, 0) is 5.72 Å². The molecular formula is C19H20N3O3S+. The number of nitro benzene ring substituents is 1. The molecule has 2 aliphatic heterocycles. The lowest BCUT2D eigenvalue weighted by atomic mass is 10.0. The Kier molecular flexibility index (Phi) is 4.20. The van der Waals surface area contributed by atoms with E-state index in [4.69, 9.17) is 0 Å². The van der Waals surface area contributed by atoms with Gasteiger partial charge in [0.25, 0.3) is 11.4 Å². The van der Waals surface area contributed by atoms with Crippen molar-refractivity contribution in [1.82, 2.24) is 0 Å². The smallest absolute Gasteiger partial charge is 0.316 e. The van der Waals surface area contributed by atoms with Gasteiger partial charge in [0.1, 0.15) is 5.69 Å². The van der Waals surface area contributed by atoms with Gasteiger partial charge in [0.2, 0.25) is 0 Å². The third kappa shape index (κ3) is 2.77. The van der Waals surface area contributed by atoms with Crippen molar-refractivity contribution in [2.24, 2.45) is 0 Å². The maximum atomic E-state index is 11.6. The molecule has 0 spiro atoms. The molecule has 7 heteroatoms. The van der Waals surface area contributed by atoms with E-state index in [0.29, 0.717) is 12.1 Å². The van der Waals surface area contributed by atoms with E-state index in [0.717, 1.165) is 29.6 Å². The normalized spacial score (nSPS) is 22.5. The highest BCUT2D eigenvalue weighted by Crippen LogP contribution is 2.38. The minimum absolute atomic E-state index is 0.0305. The van der Waals surface area contributed by atoms with Gasteiger partial charge in [0.15, 0.2) is 6.54 Å². The molecule has 2 aromatic rings. The fourth-order valence-electron chi connectivity index (χ4n) is 3.52. The Morgan fingerprint density at radius 1 is 1.19 bits per heavy atom. The lowest BCUT2D eigenvalue weighted by Gasteiger charge is -2.24. The summed E-state index contributed by atoms with van der Waals surface area (Å²) in [6.45, 7) is 3.21. The van der Waals surface area contributed by atoms with Crippen LogP contribution in [0.2, 0.25) is 0 Å². The average molecular weight is 370 g/mol. The van der Waals surface area contributed by atoms with Crippen LogP contribution in [-0.4, -0.2) is 38.6 Å². The Morgan fingerprint density at radius 2 is 1.88 bits per heavy atom. The maximum Gasteiger partial charge on any atom is 0.316 e. The fraction of sp³-hybridized carbons (Fsp3) is 0.316. The Labute approximate surface area is 155 Å². The van der Waals surface area contributed by atoms with E-state index < -0.39 is 10.6 Å². The van der Waals surface area contributed by atoms with Crippen LogP contribution in [0.25, 0.3) is 0 Å². The van der Waals surface area contributed by atoms with E-state index in [1.807, 2.05) is 4.58 Å². The van der Waals surface area contributed by atoms with Gasteiger partial charge in [-0.1, -0.05) is 17.7 Å². The summed E-state index contributed by atoms with van der Waals surface area (Å²) in [7, 11) is 0. The van der Waals surface area contributed by atoms with E-state index >= 15 is 0 Å². The lowest BCUT2D eigenvalue weighted by molar-refractivity contribution is -0.656. The summed E-state index contributed by atoms with van der Waals surface area (Å²) >= 11 is 1.75. The molecule has 2 heterocycles. The largest absolute Gasteiger partial charge is 0.346 e. The highest BCUT2D eigenvalue weighted by atomic mass is 32.2. The molecule has 1 unspecified atom stereocenters. The zero-order valence-corrected chi connectivity index (χ0v) is 15.3. The van der Waals surface area contributed by atoms with E-state index in [1.54, 1.807) is 23.9 Å². The number of thioether (sulfide) groups is 1. The van der Waals surface area contributed by atoms with Crippen LogP contribution in [0.3, 0.4) is 0 Å². The summed E-state index contributed by atoms with van der Waals surface area (Å²) in [5.41, 5.74) is 1.75. The van der Waals surface area contributed by atoms with Gasteiger partial charge < -0.3 is 5.11 Å². The number of amidine groups is 1. The van der Waals surface area contributed by atoms with Crippen molar-refractivity contribution < 1.29 is 14.6 Å². The molecular weight excluding hydrogens is 350 g/mol. The fourth-order valence-corrected chi connectivity index (χ4v) is 4.70. The monoisotopic (exact) mass is 370 g/mol. The minimum atomic E-state index is -1.19. The summed E-state index contributed by atoms with van der Waals surface area (Å²) in [5.74, 6) is 1.02. The third-order valence-electron chi connectivity index (χ3n) is 4.93. The van der Waals surface area contributed by atoms with Gasteiger partial charge in [-0.3, -0.25) is 10.1 Å². The molecule has 0 radical (unpaired) electrons. The van der Waals surface area contributed by atoms with Crippen molar-refractivity contribution in [3.05, 3.63) is 69.8 Å². The van der Waals surface area contributed by atoms with Gasteiger partial charge in [0, 0.05) is 23.4 Å². The molecule has 1 atom stereocenters. The SMILES string of the molecule is Cc1ccc(N2CC(O)(c3ccc([N+](=O)[O-])cc3)[N+]3=C2SCCC3)cc1. The molecule has 0 saturated heterocycles. The molecule has 0 aliphatic carbocycles. The number of non-ortho nitro benzene ring substituents is 1. The quantitative estimate of drug-likeness (QED) is 0.511. The second-order valence-corrected chi connectivity index (χ2v) is 7.74. The molecule has 26 heavy (non-hydrogen) atoms. The van der Waals surface area contributed by atoms with Crippen LogP contribution in [0.5, 0.6) is 0 Å². The van der Waals surface area contributed by atoms with Crippen LogP contribution in [0.4, 0.5) is 11.4 Å². The summed E-state index contributed by atoms with van der Waals surface area (Å²) in [6.07, 6.45) is 0.991. The number of anilines is 1. The number of hydrogen-bond acceptors (Lipinski definition) is 5. The lowest BCUT2D eigenvalue weighted by Crippen LogP contribution is -2.41. The molecule has 1 N–H and O–H groups in total. The van der Waals surface area contributed by atoms with Crippen molar-refractivity contribution in [3.8, 4) is 0 Å². The second kappa shape index (κ2) is 6.41. The number of nitrogens with zero attached hydrogens (tertiary/aromatic N) is 3. The van der Waals surface area contributed by atoms with E-state index in [-0.39, 0.29) is 5.69 Å². The first kappa shape index (κ1) is 17.1. The second-order valence-electron chi connectivity index (χ2n) is 6.68.